The molecule has 1 aliphatic heterocycles. The highest BCUT2D eigenvalue weighted by molar-refractivity contribution is 5.24. The van der Waals surface area contributed by atoms with Gasteiger partial charge in [0.2, 0.25) is 5.89 Å². The maximum Gasteiger partial charge on any atom is 0.315 e. The van der Waals surface area contributed by atoms with E-state index in [0.717, 1.165) is 12.0 Å². The van der Waals surface area contributed by atoms with E-state index in [9.17, 15) is 0 Å². The molecular formula is C11H15N5O2. The van der Waals surface area contributed by atoms with Gasteiger partial charge in [-0.15, -0.1) is 5.10 Å². The van der Waals surface area contributed by atoms with E-state index in [2.05, 4.69) is 20.6 Å². The number of anilines is 1. The third kappa shape index (κ3) is 2.08. The van der Waals surface area contributed by atoms with Gasteiger partial charge in [0.05, 0.1) is 12.2 Å². The average Bonchev–Trinajstić information content (AvgIpc) is 3.01. The maximum absolute atomic E-state index is 5.74. The Labute approximate surface area is 104 Å². The Hall–Kier alpha value is -1.89. The van der Waals surface area contributed by atoms with E-state index in [-0.39, 0.29) is 12.1 Å². The molecule has 2 atom stereocenters. The summed E-state index contributed by atoms with van der Waals surface area (Å²) in [6, 6.07) is 0.575. The van der Waals surface area contributed by atoms with Crippen molar-refractivity contribution in [2.75, 3.05) is 11.9 Å². The van der Waals surface area contributed by atoms with E-state index in [1.165, 1.54) is 0 Å². The van der Waals surface area contributed by atoms with Crippen LogP contribution in [-0.2, 0) is 11.8 Å². The number of aromatic nitrogens is 4. The van der Waals surface area contributed by atoms with E-state index in [1.807, 2.05) is 19.4 Å². The number of hydrogen-bond donors (Lipinski definition) is 1. The van der Waals surface area contributed by atoms with Crippen molar-refractivity contribution in [3.8, 4) is 0 Å². The predicted octanol–water partition coefficient (Wildman–Crippen LogP) is 1.05. The Kier molecular flexibility index (Phi) is 2.75. The van der Waals surface area contributed by atoms with Crippen molar-refractivity contribution in [3.63, 3.8) is 0 Å². The highest BCUT2D eigenvalue weighted by atomic mass is 16.5. The minimum Gasteiger partial charge on any atom is -0.408 e. The minimum atomic E-state index is -0.0223. The van der Waals surface area contributed by atoms with Crippen molar-refractivity contribution in [3.05, 3.63) is 23.8 Å². The van der Waals surface area contributed by atoms with Crippen molar-refractivity contribution < 1.29 is 9.15 Å². The fourth-order valence-electron chi connectivity index (χ4n) is 2.17. The molecule has 2 aromatic heterocycles. The molecule has 0 bridgehead atoms. The topological polar surface area (TPSA) is 78.0 Å². The monoisotopic (exact) mass is 249 g/mol. The fourth-order valence-corrected chi connectivity index (χ4v) is 2.17. The van der Waals surface area contributed by atoms with E-state index in [4.69, 9.17) is 9.15 Å². The summed E-state index contributed by atoms with van der Waals surface area (Å²) >= 11 is 0. The quantitative estimate of drug-likeness (QED) is 0.876. The first-order valence-electron chi connectivity index (χ1n) is 5.89. The van der Waals surface area contributed by atoms with Gasteiger partial charge < -0.3 is 14.5 Å². The Morgan fingerprint density at radius 2 is 2.33 bits per heavy atom. The van der Waals surface area contributed by atoms with Gasteiger partial charge in [-0.1, -0.05) is 5.10 Å². The zero-order valence-electron chi connectivity index (χ0n) is 10.3. The smallest absolute Gasteiger partial charge is 0.315 e. The van der Waals surface area contributed by atoms with Gasteiger partial charge in [0.25, 0.3) is 0 Å². The number of nitrogens with one attached hydrogen (secondary N) is 1. The van der Waals surface area contributed by atoms with Crippen molar-refractivity contribution in [2.45, 2.75) is 25.5 Å². The van der Waals surface area contributed by atoms with Gasteiger partial charge in [0.1, 0.15) is 6.10 Å². The lowest BCUT2D eigenvalue weighted by atomic mass is 10.1. The van der Waals surface area contributed by atoms with E-state index >= 15 is 0 Å². The van der Waals surface area contributed by atoms with Crippen LogP contribution in [-0.4, -0.2) is 32.6 Å². The van der Waals surface area contributed by atoms with Crippen LogP contribution in [0.5, 0.6) is 0 Å². The van der Waals surface area contributed by atoms with Gasteiger partial charge in [-0.2, -0.15) is 5.10 Å². The molecule has 0 aromatic carbocycles. The lowest BCUT2D eigenvalue weighted by Gasteiger charge is -2.17. The fraction of sp³-hybridized carbons (Fsp3) is 0.545. The molecule has 0 radical (unpaired) electrons. The summed E-state index contributed by atoms with van der Waals surface area (Å²) in [6.07, 6.45) is 4.67. The predicted molar refractivity (Wildman–Crippen MR) is 63.0 cm³/mol. The molecule has 2 aromatic rings. The maximum atomic E-state index is 5.74. The van der Waals surface area contributed by atoms with Crippen LogP contribution < -0.4 is 5.32 Å². The first kappa shape index (κ1) is 11.2. The van der Waals surface area contributed by atoms with Crippen LogP contribution in [0.1, 0.15) is 24.0 Å². The van der Waals surface area contributed by atoms with E-state index < -0.39 is 0 Å². The summed E-state index contributed by atoms with van der Waals surface area (Å²) < 4.78 is 12.8. The second kappa shape index (κ2) is 4.41. The molecule has 0 aliphatic carbocycles. The number of nitrogens with zero attached hydrogens (tertiary/aromatic N) is 4. The molecule has 7 heteroatoms. The molecule has 96 valence electrons. The summed E-state index contributed by atoms with van der Waals surface area (Å²) in [6.45, 7) is 2.48. The summed E-state index contributed by atoms with van der Waals surface area (Å²) in [4.78, 5) is 0. The second-order valence-corrected chi connectivity index (χ2v) is 4.40. The molecule has 0 saturated carbocycles. The zero-order chi connectivity index (χ0) is 12.5. The average molecular weight is 249 g/mol. The number of aryl methyl sites for hydroxylation is 2. The molecule has 0 amide bonds. The molecular weight excluding hydrogens is 234 g/mol. The summed E-state index contributed by atoms with van der Waals surface area (Å²) in [5.74, 6) is 0.550. The zero-order valence-corrected chi connectivity index (χ0v) is 10.3. The first-order chi connectivity index (χ1) is 8.72. The Balaban J connectivity index is 1.75. The molecule has 18 heavy (non-hydrogen) atoms. The van der Waals surface area contributed by atoms with Crippen LogP contribution in [0.3, 0.4) is 0 Å². The largest absolute Gasteiger partial charge is 0.408 e. The van der Waals surface area contributed by atoms with Gasteiger partial charge in [0.15, 0.2) is 0 Å². The molecule has 0 spiro atoms. The van der Waals surface area contributed by atoms with Crippen LogP contribution in [0.15, 0.2) is 16.8 Å². The van der Waals surface area contributed by atoms with Crippen molar-refractivity contribution in [1.29, 1.82) is 0 Å². The molecule has 1 N–H and O–H groups in total. The van der Waals surface area contributed by atoms with Crippen molar-refractivity contribution in [2.24, 2.45) is 7.05 Å². The minimum absolute atomic E-state index is 0.0223. The summed E-state index contributed by atoms with van der Waals surface area (Å²) in [5, 5.41) is 15.1. The Morgan fingerprint density at radius 1 is 1.44 bits per heavy atom. The van der Waals surface area contributed by atoms with Gasteiger partial charge in [-0.3, -0.25) is 4.68 Å². The second-order valence-electron chi connectivity index (χ2n) is 4.40. The van der Waals surface area contributed by atoms with E-state index in [0.29, 0.717) is 18.5 Å². The highest BCUT2D eigenvalue weighted by Gasteiger charge is 2.31. The normalized spacial score (nSPS) is 23.4. The van der Waals surface area contributed by atoms with Gasteiger partial charge in [-0.05, 0) is 6.42 Å². The lowest BCUT2D eigenvalue weighted by molar-refractivity contribution is 0.107. The molecule has 1 saturated heterocycles. The molecule has 3 heterocycles. The van der Waals surface area contributed by atoms with Gasteiger partial charge >= 0.3 is 6.01 Å². The third-order valence-corrected chi connectivity index (χ3v) is 2.98. The van der Waals surface area contributed by atoms with Crippen LogP contribution in [0.2, 0.25) is 0 Å². The van der Waals surface area contributed by atoms with Gasteiger partial charge in [-0.25, -0.2) is 0 Å². The van der Waals surface area contributed by atoms with Gasteiger partial charge in [0, 0.05) is 32.3 Å². The van der Waals surface area contributed by atoms with Crippen LogP contribution >= 0.6 is 0 Å². The standard InChI is InChI=1S/C11H15N5O2/c1-7-14-15-11(18-7)13-9-3-4-17-10(9)8-5-12-16(2)6-8/h5-6,9-10H,3-4H2,1-2H3,(H,13,15)/t9-,10+/m0/s1. The Bertz CT molecular complexity index is 535. The molecule has 1 fully saturated rings. The molecule has 3 rings (SSSR count). The van der Waals surface area contributed by atoms with Crippen LogP contribution in [0.25, 0.3) is 0 Å². The number of hydrogen-bond acceptors (Lipinski definition) is 6. The molecule has 7 nitrogen and oxygen atoms in total. The molecule has 0 unspecified atom stereocenters. The van der Waals surface area contributed by atoms with Crippen molar-refractivity contribution in [1.82, 2.24) is 20.0 Å². The van der Waals surface area contributed by atoms with E-state index in [1.54, 1.807) is 11.6 Å². The summed E-state index contributed by atoms with van der Waals surface area (Å²) in [7, 11) is 1.89. The van der Waals surface area contributed by atoms with Crippen molar-refractivity contribution >= 4 is 6.01 Å². The lowest BCUT2D eigenvalue weighted by Crippen LogP contribution is -2.23. The summed E-state index contributed by atoms with van der Waals surface area (Å²) in [5.41, 5.74) is 1.06. The first-order valence-corrected chi connectivity index (χ1v) is 5.89. The highest BCUT2D eigenvalue weighted by Crippen LogP contribution is 2.30. The third-order valence-electron chi connectivity index (χ3n) is 2.98. The SMILES string of the molecule is Cc1nnc(N[C@H]2CCO[C@@H]2c2cnn(C)c2)o1. The number of ether oxygens (including phenoxy) is 1. The van der Waals surface area contributed by atoms with Crippen LogP contribution in [0, 0.1) is 6.92 Å². The number of rotatable bonds is 3. The van der Waals surface area contributed by atoms with Crippen LogP contribution in [0.4, 0.5) is 6.01 Å². The Morgan fingerprint density at radius 3 is 3.00 bits per heavy atom. The molecule has 1 aliphatic rings.